The number of hydrogen-bond donors (Lipinski definition) is 0. The molecule has 0 saturated carbocycles. The van der Waals surface area contributed by atoms with Crippen LogP contribution in [0.15, 0.2) is 64.5 Å². The van der Waals surface area contributed by atoms with Gasteiger partial charge in [0.25, 0.3) is 0 Å². The second-order valence-electron chi connectivity index (χ2n) is 3.64. The lowest BCUT2D eigenvalue weighted by atomic mass is 10.0. The average molecular weight is 182 g/mol. The zero-order valence-electron chi connectivity index (χ0n) is 8.67. The van der Waals surface area contributed by atoms with E-state index in [4.69, 9.17) is 0 Å². The second-order valence-corrected chi connectivity index (χ2v) is 3.64. The topological polar surface area (TPSA) is 0 Å². The summed E-state index contributed by atoms with van der Waals surface area (Å²) in [5.41, 5.74) is 8.72. The Morgan fingerprint density at radius 2 is 2.07 bits per heavy atom. The third-order valence-corrected chi connectivity index (χ3v) is 2.61. The van der Waals surface area contributed by atoms with Crippen molar-refractivity contribution in [3.63, 3.8) is 0 Å². The lowest BCUT2D eigenvalue weighted by Crippen LogP contribution is -1.82. The van der Waals surface area contributed by atoms with Crippen LogP contribution in [0.1, 0.15) is 20.3 Å². The Labute approximate surface area is 85.3 Å². The van der Waals surface area contributed by atoms with Gasteiger partial charge in [-0.3, -0.25) is 0 Å². The molecular weight excluding hydrogens is 168 g/mol. The van der Waals surface area contributed by atoms with Crippen LogP contribution in [-0.4, -0.2) is 0 Å². The van der Waals surface area contributed by atoms with Crippen molar-refractivity contribution in [1.82, 2.24) is 0 Å². The van der Waals surface area contributed by atoms with Gasteiger partial charge in [-0.15, -0.1) is 5.73 Å². The van der Waals surface area contributed by atoms with Gasteiger partial charge in [-0.2, -0.15) is 0 Å². The molecule has 2 aliphatic carbocycles. The molecule has 14 heavy (non-hydrogen) atoms. The number of hydrogen-bond acceptors (Lipinski definition) is 0. The summed E-state index contributed by atoms with van der Waals surface area (Å²) < 4.78 is 0. The fourth-order valence-electron chi connectivity index (χ4n) is 1.96. The van der Waals surface area contributed by atoms with Crippen LogP contribution in [0.4, 0.5) is 0 Å². The van der Waals surface area contributed by atoms with Crippen molar-refractivity contribution >= 4 is 0 Å². The summed E-state index contributed by atoms with van der Waals surface area (Å²) >= 11 is 0. The largest absolute Gasteiger partial charge is 0.121 e. The quantitative estimate of drug-likeness (QED) is 0.540. The molecule has 0 aromatic heterocycles. The van der Waals surface area contributed by atoms with Crippen LogP contribution in [0.3, 0.4) is 0 Å². The SMILES string of the molecule is C/C=C\C1=C(C)CC2=CC=C=CC=C21. The monoisotopic (exact) mass is 182 g/mol. The van der Waals surface area contributed by atoms with Gasteiger partial charge in [0.2, 0.25) is 0 Å². The number of allylic oxidation sites excluding steroid dienone is 9. The summed E-state index contributed by atoms with van der Waals surface area (Å²) in [6.45, 7) is 4.27. The molecule has 2 rings (SSSR count). The van der Waals surface area contributed by atoms with Gasteiger partial charge in [-0.25, -0.2) is 0 Å². The van der Waals surface area contributed by atoms with Gasteiger partial charge in [0, 0.05) is 0 Å². The molecular formula is C14H14. The maximum Gasteiger partial charge on any atom is -0.00543 e. The Morgan fingerprint density at radius 3 is 2.86 bits per heavy atom. The summed E-state index contributed by atoms with van der Waals surface area (Å²) in [7, 11) is 0. The van der Waals surface area contributed by atoms with E-state index >= 15 is 0 Å². The Hall–Kier alpha value is -1.52. The van der Waals surface area contributed by atoms with Crippen LogP contribution in [0, 0.1) is 0 Å². The molecule has 0 aliphatic heterocycles. The summed E-state index contributed by atoms with van der Waals surface area (Å²) in [6.07, 6.45) is 13.7. The van der Waals surface area contributed by atoms with Crippen LogP contribution in [0.25, 0.3) is 0 Å². The molecule has 0 heterocycles. The highest BCUT2D eigenvalue weighted by molar-refractivity contribution is 5.62. The highest BCUT2D eigenvalue weighted by atomic mass is 14.2. The molecule has 0 unspecified atom stereocenters. The lowest BCUT2D eigenvalue weighted by molar-refractivity contribution is 1.20. The Kier molecular flexibility index (Phi) is 2.39. The molecule has 0 radical (unpaired) electrons. The van der Waals surface area contributed by atoms with Gasteiger partial charge in [0.15, 0.2) is 0 Å². The van der Waals surface area contributed by atoms with E-state index in [1.54, 1.807) is 0 Å². The van der Waals surface area contributed by atoms with Crippen molar-refractivity contribution < 1.29 is 0 Å². The standard InChI is InChI=1S/C14H14/c1-3-7-13-11(2)10-12-8-5-4-6-9-14(12)13/h3,5-9H,10H2,1-2H3/b7-3-. The summed E-state index contributed by atoms with van der Waals surface area (Å²) in [6, 6.07) is 0. The number of fused-ring (bicyclic) bond motifs is 1. The Morgan fingerprint density at radius 1 is 1.29 bits per heavy atom. The van der Waals surface area contributed by atoms with Gasteiger partial charge < -0.3 is 0 Å². The van der Waals surface area contributed by atoms with E-state index in [1.807, 2.05) is 12.2 Å². The van der Waals surface area contributed by atoms with Crippen LogP contribution in [0.5, 0.6) is 0 Å². The van der Waals surface area contributed by atoms with E-state index in [0.29, 0.717) is 0 Å². The highest BCUT2D eigenvalue weighted by Crippen LogP contribution is 2.37. The number of rotatable bonds is 1. The minimum Gasteiger partial charge on any atom is -0.121 e. The van der Waals surface area contributed by atoms with Gasteiger partial charge >= 0.3 is 0 Å². The lowest BCUT2D eigenvalue weighted by Gasteiger charge is -2.00. The molecule has 0 nitrogen and oxygen atoms in total. The molecule has 0 saturated heterocycles. The summed E-state index contributed by atoms with van der Waals surface area (Å²) in [5, 5.41) is 0. The molecule has 0 amide bonds. The predicted molar refractivity (Wildman–Crippen MR) is 61.0 cm³/mol. The first-order valence-corrected chi connectivity index (χ1v) is 4.98. The molecule has 0 fully saturated rings. The van der Waals surface area contributed by atoms with Gasteiger partial charge in [-0.1, -0.05) is 23.8 Å². The fraction of sp³-hybridized carbons (Fsp3) is 0.214. The summed E-state index contributed by atoms with van der Waals surface area (Å²) in [5.74, 6) is 0. The van der Waals surface area contributed by atoms with E-state index in [2.05, 4.69) is 43.9 Å². The maximum atomic E-state index is 3.10. The van der Waals surface area contributed by atoms with Crippen LogP contribution in [-0.2, 0) is 0 Å². The van der Waals surface area contributed by atoms with Crippen LogP contribution in [0.2, 0.25) is 0 Å². The van der Waals surface area contributed by atoms with E-state index < -0.39 is 0 Å². The molecule has 0 N–H and O–H groups in total. The molecule has 0 bridgehead atoms. The molecule has 0 heteroatoms. The minimum absolute atomic E-state index is 1.08. The van der Waals surface area contributed by atoms with Crippen LogP contribution < -0.4 is 0 Å². The van der Waals surface area contributed by atoms with Crippen molar-refractivity contribution in [3.8, 4) is 0 Å². The maximum absolute atomic E-state index is 3.10. The van der Waals surface area contributed by atoms with E-state index in [0.717, 1.165) is 6.42 Å². The first kappa shape index (κ1) is 9.05. The first-order valence-electron chi connectivity index (χ1n) is 4.98. The van der Waals surface area contributed by atoms with Gasteiger partial charge in [-0.05, 0) is 55.2 Å². The zero-order valence-corrected chi connectivity index (χ0v) is 8.67. The predicted octanol–water partition coefficient (Wildman–Crippen LogP) is 3.86. The summed E-state index contributed by atoms with van der Waals surface area (Å²) in [4.78, 5) is 0. The highest BCUT2D eigenvalue weighted by Gasteiger charge is 2.18. The third kappa shape index (κ3) is 1.45. The van der Waals surface area contributed by atoms with E-state index in [9.17, 15) is 0 Å². The van der Waals surface area contributed by atoms with E-state index in [1.165, 1.54) is 22.3 Å². The van der Waals surface area contributed by atoms with Crippen molar-refractivity contribution in [2.45, 2.75) is 20.3 Å². The zero-order chi connectivity index (χ0) is 9.97. The average Bonchev–Trinajstić information content (AvgIpc) is 2.39. The molecule has 0 spiro atoms. The van der Waals surface area contributed by atoms with Crippen molar-refractivity contribution in [2.24, 2.45) is 0 Å². The fourth-order valence-corrected chi connectivity index (χ4v) is 1.96. The van der Waals surface area contributed by atoms with Gasteiger partial charge in [0.1, 0.15) is 0 Å². The first-order chi connectivity index (χ1) is 6.83. The smallest absolute Gasteiger partial charge is 0.00543 e. The minimum atomic E-state index is 1.08. The van der Waals surface area contributed by atoms with Crippen molar-refractivity contribution in [1.29, 1.82) is 0 Å². The normalized spacial score (nSPS) is 19.9. The molecule has 0 aromatic carbocycles. The third-order valence-electron chi connectivity index (χ3n) is 2.61. The Bertz CT molecular complexity index is 431. The molecule has 0 atom stereocenters. The molecule has 70 valence electrons. The van der Waals surface area contributed by atoms with Crippen molar-refractivity contribution in [3.05, 3.63) is 64.5 Å². The molecule has 0 aromatic rings. The molecule has 2 aliphatic rings. The van der Waals surface area contributed by atoms with Gasteiger partial charge in [0.05, 0.1) is 0 Å². The Balaban J connectivity index is 2.49. The van der Waals surface area contributed by atoms with E-state index in [-0.39, 0.29) is 0 Å². The van der Waals surface area contributed by atoms with Crippen molar-refractivity contribution in [2.75, 3.05) is 0 Å². The second kappa shape index (κ2) is 3.69. The van der Waals surface area contributed by atoms with Crippen LogP contribution >= 0.6 is 0 Å².